The summed E-state index contributed by atoms with van der Waals surface area (Å²) < 4.78 is 8.43. The number of rotatable bonds is 5. The second-order valence-corrected chi connectivity index (χ2v) is 9.61. The maximum Gasteiger partial charge on any atom is 0.173 e. The normalized spacial score (nSPS) is 13.9. The molecule has 0 saturated carbocycles. The summed E-state index contributed by atoms with van der Waals surface area (Å²) in [6, 6.07) is 23.3. The largest absolute Gasteiger partial charge is 0.456 e. The molecule has 1 aliphatic heterocycles. The van der Waals surface area contributed by atoms with Crippen molar-refractivity contribution in [2.45, 2.75) is 11.8 Å². The van der Waals surface area contributed by atoms with Gasteiger partial charge in [0.2, 0.25) is 0 Å². The highest BCUT2D eigenvalue weighted by atomic mass is 35.5. The van der Waals surface area contributed by atoms with Crippen LogP contribution in [0.5, 0.6) is 11.5 Å². The first kappa shape index (κ1) is 23.4. The summed E-state index contributed by atoms with van der Waals surface area (Å²) in [5.74, 6) is 1.37. The number of thiocarbonyl (C=S) groups is 1. The van der Waals surface area contributed by atoms with Gasteiger partial charge in [-0.05, 0) is 85.2 Å². The zero-order chi connectivity index (χ0) is 23.2. The van der Waals surface area contributed by atoms with E-state index in [0.717, 1.165) is 47.4 Å². The van der Waals surface area contributed by atoms with Crippen LogP contribution >= 0.6 is 35.8 Å². The molecule has 0 bridgehead atoms. The van der Waals surface area contributed by atoms with Crippen molar-refractivity contribution in [3.05, 3.63) is 82.9 Å². The molecule has 0 aliphatic carbocycles. The zero-order valence-electron chi connectivity index (χ0n) is 18.1. The maximum atomic E-state index is 9.38. The third-order valence-corrected chi connectivity index (χ3v) is 6.81. The van der Waals surface area contributed by atoms with Gasteiger partial charge in [-0.1, -0.05) is 29.8 Å². The van der Waals surface area contributed by atoms with Gasteiger partial charge < -0.3 is 15.0 Å². The fourth-order valence-electron chi connectivity index (χ4n) is 3.47. The van der Waals surface area contributed by atoms with Crippen molar-refractivity contribution >= 4 is 46.6 Å². The van der Waals surface area contributed by atoms with Crippen molar-refractivity contribution in [2.75, 3.05) is 31.5 Å². The number of hydrogen-bond donors (Lipinski definition) is 1. The number of halogens is 1. The lowest BCUT2D eigenvalue weighted by molar-refractivity contribution is 0.285. The van der Waals surface area contributed by atoms with Gasteiger partial charge in [-0.25, -0.2) is 4.31 Å². The van der Waals surface area contributed by atoms with Gasteiger partial charge in [-0.2, -0.15) is 5.26 Å². The summed E-state index contributed by atoms with van der Waals surface area (Å²) in [5.41, 5.74) is 2.61. The summed E-state index contributed by atoms with van der Waals surface area (Å²) in [7, 11) is 0. The molecule has 8 heteroatoms. The predicted octanol–water partition coefficient (Wildman–Crippen LogP) is 6.33. The molecule has 0 aromatic heterocycles. The number of para-hydroxylation sites is 1. The van der Waals surface area contributed by atoms with Gasteiger partial charge in [-0.3, -0.25) is 0 Å². The summed E-state index contributed by atoms with van der Waals surface area (Å²) in [4.78, 5) is 3.07. The van der Waals surface area contributed by atoms with Crippen LogP contribution in [0.1, 0.15) is 11.1 Å². The van der Waals surface area contributed by atoms with Gasteiger partial charge in [0.15, 0.2) is 5.11 Å². The number of aryl methyl sites for hydroxylation is 1. The van der Waals surface area contributed by atoms with Crippen LogP contribution < -0.4 is 10.1 Å². The molecule has 0 amide bonds. The minimum absolute atomic E-state index is 0.596. The Morgan fingerprint density at radius 2 is 1.82 bits per heavy atom. The van der Waals surface area contributed by atoms with Crippen LogP contribution in [0.25, 0.3) is 0 Å². The first-order chi connectivity index (χ1) is 16.0. The molecule has 1 saturated heterocycles. The predicted molar refractivity (Wildman–Crippen MR) is 139 cm³/mol. The summed E-state index contributed by atoms with van der Waals surface area (Å²) >= 11 is 13.4. The summed E-state index contributed by atoms with van der Waals surface area (Å²) in [6.45, 7) is 5.26. The van der Waals surface area contributed by atoms with Crippen molar-refractivity contribution in [2.24, 2.45) is 0 Å². The van der Waals surface area contributed by atoms with Gasteiger partial charge in [0.05, 0.1) is 16.5 Å². The Morgan fingerprint density at radius 1 is 1.06 bits per heavy atom. The van der Waals surface area contributed by atoms with Gasteiger partial charge in [0.1, 0.15) is 11.5 Å². The molecule has 4 rings (SSSR count). The minimum atomic E-state index is 0.596. The zero-order valence-corrected chi connectivity index (χ0v) is 20.5. The van der Waals surface area contributed by atoms with E-state index in [4.69, 9.17) is 28.6 Å². The first-order valence-corrected chi connectivity index (χ1v) is 12.1. The van der Waals surface area contributed by atoms with Gasteiger partial charge >= 0.3 is 0 Å². The third kappa shape index (κ3) is 6.40. The van der Waals surface area contributed by atoms with Crippen LogP contribution in [0.2, 0.25) is 5.02 Å². The summed E-state index contributed by atoms with van der Waals surface area (Å²) in [5, 5.41) is 14.0. The number of nitrogens with zero attached hydrogens (tertiary/aromatic N) is 3. The van der Waals surface area contributed by atoms with Crippen LogP contribution in [-0.4, -0.2) is 40.5 Å². The standard InChI is InChI=1S/C25H23ClN4OS2/c1-18-13-20(26)16-22(14-18)31-23-8-7-19(17-27)15-24(23)33-30-11-9-29(10-12-30)25(32)28-21-5-3-2-4-6-21/h2-8,13-16H,9-12H2,1H3,(H,28,32). The number of hydrogen-bond acceptors (Lipinski definition) is 5. The molecule has 1 fully saturated rings. The van der Waals surface area contributed by atoms with Crippen LogP contribution in [0.4, 0.5) is 5.69 Å². The second-order valence-electron chi connectivity index (χ2n) is 7.64. The molecular formula is C25H23ClN4OS2. The highest BCUT2D eigenvalue weighted by Gasteiger charge is 2.21. The van der Waals surface area contributed by atoms with Crippen molar-refractivity contribution in [1.82, 2.24) is 9.21 Å². The first-order valence-electron chi connectivity index (χ1n) is 10.5. The van der Waals surface area contributed by atoms with E-state index >= 15 is 0 Å². The Kier molecular flexibility index (Phi) is 7.73. The third-order valence-electron chi connectivity index (χ3n) is 5.09. The second kappa shape index (κ2) is 10.9. The summed E-state index contributed by atoms with van der Waals surface area (Å²) in [6.07, 6.45) is 0. The molecule has 1 heterocycles. The quantitative estimate of drug-likeness (QED) is 0.328. The van der Waals surface area contributed by atoms with Crippen LogP contribution in [0.15, 0.2) is 71.6 Å². The Hall–Kier alpha value is -2.76. The van der Waals surface area contributed by atoms with Gasteiger partial charge in [0.25, 0.3) is 0 Å². The fraction of sp³-hybridized carbons (Fsp3) is 0.200. The van der Waals surface area contributed by atoms with E-state index in [1.807, 2.05) is 61.5 Å². The topological polar surface area (TPSA) is 51.5 Å². The Bertz CT molecular complexity index is 1150. The maximum absolute atomic E-state index is 9.38. The van der Waals surface area contributed by atoms with E-state index < -0.39 is 0 Å². The molecule has 168 valence electrons. The molecule has 0 atom stereocenters. The SMILES string of the molecule is Cc1cc(Cl)cc(Oc2ccc(C#N)cc2SN2CCN(C(=S)Nc3ccccc3)CC2)c1. The van der Waals surface area contributed by atoms with Crippen molar-refractivity contribution < 1.29 is 4.74 Å². The minimum Gasteiger partial charge on any atom is -0.456 e. The molecule has 0 radical (unpaired) electrons. The number of anilines is 1. The van der Waals surface area contributed by atoms with E-state index in [-0.39, 0.29) is 0 Å². The van der Waals surface area contributed by atoms with Crippen LogP contribution in [0.3, 0.4) is 0 Å². The number of ether oxygens (including phenoxy) is 1. The van der Waals surface area contributed by atoms with Gasteiger partial charge in [-0.15, -0.1) is 0 Å². The lowest BCUT2D eigenvalue weighted by Crippen LogP contribution is -2.47. The number of nitrogens with one attached hydrogen (secondary N) is 1. The van der Waals surface area contributed by atoms with Crippen LogP contribution in [-0.2, 0) is 0 Å². The van der Waals surface area contributed by atoms with E-state index in [9.17, 15) is 5.26 Å². The van der Waals surface area contributed by atoms with Crippen LogP contribution in [0, 0.1) is 18.3 Å². The fourth-order valence-corrected chi connectivity index (χ4v) is 5.05. The van der Waals surface area contributed by atoms with E-state index in [2.05, 4.69) is 20.6 Å². The van der Waals surface area contributed by atoms with E-state index in [1.165, 1.54) is 0 Å². The van der Waals surface area contributed by atoms with E-state index in [1.54, 1.807) is 24.1 Å². The molecule has 3 aromatic rings. The Labute approximate surface area is 209 Å². The number of benzene rings is 3. The number of piperazine rings is 1. The van der Waals surface area contributed by atoms with Crippen molar-refractivity contribution in [1.29, 1.82) is 5.26 Å². The molecule has 5 nitrogen and oxygen atoms in total. The Morgan fingerprint density at radius 3 is 2.52 bits per heavy atom. The smallest absolute Gasteiger partial charge is 0.173 e. The highest BCUT2D eigenvalue weighted by Crippen LogP contribution is 2.36. The molecule has 33 heavy (non-hydrogen) atoms. The lowest BCUT2D eigenvalue weighted by atomic mass is 10.2. The molecule has 3 aromatic carbocycles. The average Bonchev–Trinajstić information content (AvgIpc) is 2.80. The number of nitriles is 1. The molecular weight excluding hydrogens is 472 g/mol. The lowest BCUT2D eigenvalue weighted by Gasteiger charge is -2.35. The molecule has 1 N–H and O–H groups in total. The molecule has 0 spiro atoms. The van der Waals surface area contributed by atoms with E-state index in [0.29, 0.717) is 22.1 Å². The Balaban J connectivity index is 1.41. The average molecular weight is 495 g/mol. The van der Waals surface area contributed by atoms with Gasteiger partial charge in [0, 0.05) is 36.9 Å². The molecule has 0 unspecified atom stereocenters. The monoisotopic (exact) mass is 494 g/mol. The van der Waals surface area contributed by atoms with Crippen molar-refractivity contribution in [3.8, 4) is 17.6 Å². The van der Waals surface area contributed by atoms with Crippen molar-refractivity contribution in [3.63, 3.8) is 0 Å². The molecule has 1 aliphatic rings. The highest BCUT2D eigenvalue weighted by molar-refractivity contribution is 7.97.